The van der Waals surface area contributed by atoms with Crippen LogP contribution in [0, 0.1) is 0 Å². The summed E-state index contributed by atoms with van der Waals surface area (Å²) in [6.07, 6.45) is 28.2. The van der Waals surface area contributed by atoms with Gasteiger partial charge < -0.3 is 19.5 Å². The highest BCUT2D eigenvalue weighted by Crippen LogP contribution is 2.17. The summed E-state index contributed by atoms with van der Waals surface area (Å²) in [5.74, 6) is -0.0269. The summed E-state index contributed by atoms with van der Waals surface area (Å²) >= 11 is 0. The van der Waals surface area contributed by atoms with Crippen molar-refractivity contribution in [2.24, 2.45) is 0 Å². The Kier molecular flexibility index (Phi) is 32.4. The molecule has 0 aliphatic carbocycles. The van der Waals surface area contributed by atoms with E-state index >= 15 is 0 Å². The number of hydrogen-bond acceptors (Lipinski definition) is 6. The predicted octanol–water partition coefficient (Wildman–Crippen LogP) is 10.3. The van der Waals surface area contributed by atoms with Crippen molar-refractivity contribution in [2.45, 2.75) is 207 Å². The van der Waals surface area contributed by atoms with Crippen LogP contribution < -0.4 is 0 Å². The zero-order chi connectivity index (χ0) is 32.5. The van der Waals surface area contributed by atoms with Crippen LogP contribution in [-0.4, -0.2) is 60.4 Å². The number of rotatable bonds is 34. The van der Waals surface area contributed by atoms with E-state index in [0.29, 0.717) is 12.8 Å². The van der Waals surface area contributed by atoms with Crippen LogP contribution in [0.1, 0.15) is 195 Å². The van der Waals surface area contributed by atoms with Crippen molar-refractivity contribution in [3.8, 4) is 0 Å². The Hall–Kier alpha value is -1.14. The van der Waals surface area contributed by atoms with Gasteiger partial charge in [-0.1, -0.05) is 111 Å². The zero-order valence-electron chi connectivity index (χ0n) is 29.9. The van der Waals surface area contributed by atoms with E-state index in [-0.39, 0.29) is 30.8 Å². The van der Waals surface area contributed by atoms with Gasteiger partial charge in [0.1, 0.15) is 12.2 Å². The summed E-state index contributed by atoms with van der Waals surface area (Å²) in [5.41, 5.74) is 0. The van der Waals surface area contributed by atoms with E-state index in [2.05, 4.69) is 32.6 Å². The summed E-state index contributed by atoms with van der Waals surface area (Å²) in [7, 11) is 0. The highest BCUT2D eigenvalue weighted by Gasteiger charge is 2.14. The standard InChI is InChI=1S/C38H75NO5/c1-5-9-12-21-28-36(27-20-11-7-3)44-38(42)30-23-16-14-18-25-32-39(33-34-40)31-24-17-13-15-22-29-37(41)43-35(8-4)26-19-10-6-2/h35-36,40H,5-34H2,1-4H3. The van der Waals surface area contributed by atoms with Gasteiger partial charge in [0, 0.05) is 19.4 Å². The van der Waals surface area contributed by atoms with Crippen LogP contribution in [0.2, 0.25) is 0 Å². The van der Waals surface area contributed by atoms with Gasteiger partial charge in [-0.05, 0) is 83.7 Å². The second-order valence-electron chi connectivity index (χ2n) is 13.1. The first-order valence-electron chi connectivity index (χ1n) is 19.2. The van der Waals surface area contributed by atoms with Gasteiger partial charge in [0.2, 0.25) is 0 Å². The van der Waals surface area contributed by atoms with Gasteiger partial charge >= 0.3 is 11.9 Å². The molecule has 0 aliphatic rings. The lowest BCUT2D eigenvalue weighted by Gasteiger charge is -2.21. The number of hydrogen-bond donors (Lipinski definition) is 1. The smallest absolute Gasteiger partial charge is 0.306 e. The van der Waals surface area contributed by atoms with Crippen molar-refractivity contribution in [1.29, 1.82) is 0 Å². The Labute approximate surface area is 273 Å². The molecule has 1 N–H and O–H groups in total. The van der Waals surface area contributed by atoms with Gasteiger partial charge in [-0.15, -0.1) is 0 Å². The fourth-order valence-electron chi connectivity index (χ4n) is 5.89. The Morgan fingerprint density at radius 1 is 0.500 bits per heavy atom. The van der Waals surface area contributed by atoms with Crippen LogP contribution in [0.25, 0.3) is 0 Å². The normalized spacial score (nSPS) is 12.9. The lowest BCUT2D eigenvalue weighted by Crippen LogP contribution is -2.29. The fourth-order valence-corrected chi connectivity index (χ4v) is 5.89. The topological polar surface area (TPSA) is 76.1 Å². The van der Waals surface area contributed by atoms with E-state index in [0.717, 1.165) is 110 Å². The molecule has 0 rings (SSSR count). The molecule has 0 aromatic heterocycles. The number of nitrogens with zero attached hydrogens (tertiary/aromatic N) is 1. The largest absolute Gasteiger partial charge is 0.462 e. The maximum Gasteiger partial charge on any atom is 0.306 e. The highest BCUT2D eigenvalue weighted by atomic mass is 16.5. The van der Waals surface area contributed by atoms with Gasteiger partial charge in [-0.3, -0.25) is 9.59 Å². The summed E-state index contributed by atoms with van der Waals surface area (Å²) in [6.45, 7) is 11.8. The number of aliphatic hydroxyl groups excluding tert-OH is 1. The predicted molar refractivity (Wildman–Crippen MR) is 186 cm³/mol. The van der Waals surface area contributed by atoms with E-state index in [1.807, 2.05) is 0 Å². The summed E-state index contributed by atoms with van der Waals surface area (Å²) in [4.78, 5) is 27.0. The molecular weight excluding hydrogens is 550 g/mol. The molecule has 0 saturated heterocycles. The second kappa shape index (κ2) is 33.2. The third kappa shape index (κ3) is 28.3. The second-order valence-corrected chi connectivity index (χ2v) is 13.1. The Bertz CT molecular complexity index is 628. The Morgan fingerprint density at radius 3 is 1.36 bits per heavy atom. The van der Waals surface area contributed by atoms with Crippen molar-refractivity contribution in [3.63, 3.8) is 0 Å². The number of carbonyl (C=O) groups excluding carboxylic acids is 2. The zero-order valence-corrected chi connectivity index (χ0v) is 29.9. The van der Waals surface area contributed by atoms with E-state index < -0.39 is 0 Å². The van der Waals surface area contributed by atoms with Crippen LogP contribution in [0.4, 0.5) is 0 Å². The number of aliphatic hydroxyl groups is 1. The monoisotopic (exact) mass is 626 g/mol. The fraction of sp³-hybridized carbons (Fsp3) is 0.947. The van der Waals surface area contributed by atoms with Gasteiger partial charge in [-0.2, -0.15) is 0 Å². The first kappa shape index (κ1) is 42.9. The average Bonchev–Trinajstić information content (AvgIpc) is 3.01. The number of esters is 2. The molecule has 0 amide bonds. The quantitative estimate of drug-likeness (QED) is 0.0566. The molecule has 0 spiro atoms. The SMILES string of the molecule is CCCCCCC(CCCCC)OC(=O)CCCCCCCN(CCO)CCCCCCCC(=O)OC(CC)CCCCC. The maximum absolute atomic E-state index is 12.5. The molecule has 6 nitrogen and oxygen atoms in total. The third-order valence-corrected chi connectivity index (χ3v) is 8.82. The van der Waals surface area contributed by atoms with Crippen molar-refractivity contribution in [1.82, 2.24) is 4.90 Å². The Balaban J connectivity index is 3.93. The number of ether oxygens (including phenoxy) is 2. The van der Waals surface area contributed by atoms with Crippen LogP contribution in [0.3, 0.4) is 0 Å². The lowest BCUT2D eigenvalue weighted by molar-refractivity contribution is -0.150. The van der Waals surface area contributed by atoms with Gasteiger partial charge in [0.05, 0.1) is 6.61 Å². The number of carbonyl (C=O) groups is 2. The number of unbranched alkanes of at least 4 members (excludes halogenated alkanes) is 15. The summed E-state index contributed by atoms with van der Waals surface area (Å²) in [6, 6.07) is 0. The molecule has 6 heteroatoms. The van der Waals surface area contributed by atoms with E-state index in [1.165, 1.54) is 64.2 Å². The molecule has 0 saturated carbocycles. The summed E-state index contributed by atoms with van der Waals surface area (Å²) in [5, 5.41) is 9.49. The molecule has 262 valence electrons. The first-order valence-corrected chi connectivity index (χ1v) is 19.2. The summed E-state index contributed by atoms with van der Waals surface area (Å²) < 4.78 is 11.6. The Morgan fingerprint density at radius 2 is 0.886 bits per heavy atom. The third-order valence-electron chi connectivity index (χ3n) is 8.82. The molecule has 0 aromatic rings. The lowest BCUT2D eigenvalue weighted by atomic mass is 10.0. The minimum Gasteiger partial charge on any atom is -0.462 e. The van der Waals surface area contributed by atoms with E-state index in [9.17, 15) is 14.7 Å². The minimum atomic E-state index is -0.0259. The molecule has 0 radical (unpaired) electrons. The molecule has 2 atom stereocenters. The minimum absolute atomic E-state index is 0.000944. The molecule has 2 unspecified atom stereocenters. The van der Waals surface area contributed by atoms with Crippen LogP contribution in [-0.2, 0) is 19.1 Å². The molecule has 0 aliphatic heterocycles. The van der Waals surface area contributed by atoms with Crippen LogP contribution in [0.15, 0.2) is 0 Å². The van der Waals surface area contributed by atoms with Crippen molar-refractivity contribution >= 4 is 11.9 Å². The van der Waals surface area contributed by atoms with Crippen molar-refractivity contribution in [3.05, 3.63) is 0 Å². The van der Waals surface area contributed by atoms with Gasteiger partial charge in [-0.25, -0.2) is 0 Å². The van der Waals surface area contributed by atoms with Crippen molar-refractivity contribution in [2.75, 3.05) is 26.2 Å². The first-order chi connectivity index (χ1) is 21.5. The van der Waals surface area contributed by atoms with E-state index in [4.69, 9.17) is 9.47 Å². The highest BCUT2D eigenvalue weighted by molar-refractivity contribution is 5.69. The maximum atomic E-state index is 12.5. The molecule has 44 heavy (non-hydrogen) atoms. The molecular formula is C38H75NO5. The molecule has 0 aromatic carbocycles. The van der Waals surface area contributed by atoms with Crippen LogP contribution >= 0.6 is 0 Å². The average molecular weight is 626 g/mol. The molecule has 0 bridgehead atoms. The van der Waals surface area contributed by atoms with Crippen molar-refractivity contribution < 1.29 is 24.2 Å². The van der Waals surface area contributed by atoms with Gasteiger partial charge in [0.25, 0.3) is 0 Å². The van der Waals surface area contributed by atoms with Gasteiger partial charge in [0.15, 0.2) is 0 Å². The van der Waals surface area contributed by atoms with E-state index in [1.54, 1.807) is 0 Å². The molecule has 0 heterocycles. The molecule has 0 fully saturated rings. The van der Waals surface area contributed by atoms with Crippen LogP contribution in [0.5, 0.6) is 0 Å².